The molecule has 0 unspecified atom stereocenters. The molecule has 0 aliphatic rings. The van der Waals surface area contributed by atoms with Gasteiger partial charge in [0.1, 0.15) is 4.88 Å². The van der Waals surface area contributed by atoms with E-state index in [1.807, 2.05) is 6.07 Å². The summed E-state index contributed by atoms with van der Waals surface area (Å²) in [5.74, 6) is -0.0382. The van der Waals surface area contributed by atoms with Gasteiger partial charge in [-0.2, -0.15) is 0 Å². The summed E-state index contributed by atoms with van der Waals surface area (Å²) in [5, 5.41) is 4.31. The standard InChI is InChI=1S/C14H26N4OS/c1-5-18(6-2)9-7-8-16-12-10-11(15)13(20-12)14(19)17(3)4/h10,16H,5-9,15H2,1-4H3. The van der Waals surface area contributed by atoms with E-state index in [0.717, 1.165) is 37.6 Å². The molecule has 5 nitrogen and oxygen atoms in total. The Morgan fingerprint density at radius 2 is 2.00 bits per heavy atom. The van der Waals surface area contributed by atoms with Crippen molar-refractivity contribution in [2.24, 2.45) is 0 Å². The highest BCUT2D eigenvalue weighted by atomic mass is 32.1. The first-order valence-corrected chi connectivity index (χ1v) is 7.88. The molecule has 0 saturated heterocycles. The lowest BCUT2D eigenvalue weighted by atomic mass is 10.3. The van der Waals surface area contributed by atoms with Crippen LogP contribution in [0.1, 0.15) is 29.9 Å². The Morgan fingerprint density at radius 1 is 1.35 bits per heavy atom. The van der Waals surface area contributed by atoms with Crippen molar-refractivity contribution in [2.45, 2.75) is 20.3 Å². The van der Waals surface area contributed by atoms with Crippen LogP contribution < -0.4 is 11.1 Å². The van der Waals surface area contributed by atoms with Gasteiger partial charge in [-0.1, -0.05) is 13.8 Å². The van der Waals surface area contributed by atoms with Gasteiger partial charge in [0, 0.05) is 20.6 Å². The van der Waals surface area contributed by atoms with Crippen LogP contribution in [0, 0.1) is 0 Å². The van der Waals surface area contributed by atoms with Gasteiger partial charge in [-0.15, -0.1) is 11.3 Å². The van der Waals surface area contributed by atoms with Crippen LogP contribution in [0.4, 0.5) is 10.7 Å². The lowest BCUT2D eigenvalue weighted by molar-refractivity contribution is 0.0833. The maximum atomic E-state index is 11.9. The summed E-state index contributed by atoms with van der Waals surface area (Å²) in [7, 11) is 3.47. The van der Waals surface area contributed by atoms with Crippen molar-refractivity contribution < 1.29 is 4.79 Å². The van der Waals surface area contributed by atoms with Crippen molar-refractivity contribution in [2.75, 3.05) is 51.3 Å². The second-order valence-electron chi connectivity index (χ2n) is 4.90. The van der Waals surface area contributed by atoms with E-state index in [2.05, 4.69) is 24.1 Å². The maximum Gasteiger partial charge on any atom is 0.265 e. The molecule has 3 N–H and O–H groups in total. The van der Waals surface area contributed by atoms with E-state index in [4.69, 9.17) is 5.73 Å². The summed E-state index contributed by atoms with van der Waals surface area (Å²) in [6.45, 7) is 8.51. The number of nitrogens with zero attached hydrogens (tertiary/aromatic N) is 2. The van der Waals surface area contributed by atoms with Crippen LogP contribution in [-0.2, 0) is 0 Å². The van der Waals surface area contributed by atoms with E-state index >= 15 is 0 Å². The summed E-state index contributed by atoms with van der Waals surface area (Å²) in [6.07, 6.45) is 1.08. The van der Waals surface area contributed by atoms with Crippen LogP contribution in [0.25, 0.3) is 0 Å². The number of nitrogen functional groups attached to an aromatic ring is 1. The van der Waals surface area contributed by atoms with Crippen molar-refractivity contribution >= 4 is 27.9 Å². The molecule has 1 heterocycles. The fourth-order valence-electron chi connectivity index (χ4n) is 1.92. The van der Waals surface area contributed by atoms with Crippen molar-refractivity contribution in [1.82, 2.24) is 9.80 Å². The van der Waals surface area contributed by atoms with Gasteiger partial charge in [-0.3, -0.25) is 4.79 Å². The molecule has 1 amide bonds. The van der Waals surface area contributed by atoms with E-state index in [0.29, 0.717) is 10.6 Å². The van der Waals surface area contributed by atoms with Gasteiger partial charge in [0.15, 0.2) is 0 Å². The largest absolute Gasteiger partial charge is 0.397 e. The van der Waals surface area contributed by atoms with E-state index < -0.39 is 0 Å². The molecule has 20 heavy (non-hydrogen) atoms. The zero-order valence-corrected chi connectivity index (χ0v) is 13.7. The fraction of sp³-hybridized carbons (Fsp3) is 0.643. The van der Waals surface area contributed by atoms with Crippen LogP contribution in [0.3, 0.4) is 0 Å². The third-order valence-corrected chi connectivity index (χ3v) is 4.30. The van der Waals surface area contributed by atoms with Gasteiger partial charge >= 0.3 is 0 Å². The number of hydrogen-bond acceptors (Lipinski definition) is 5. The molecule has 114 valence electrons. The van der Waals surface area contributed by atoms with Gasteiger partial charge < -0.3 is 20.9 Å². The molecule has 0 bridgehead atoms. The second-order valence-corrected chi connectivity index (χ2v) is 5.95. The predicted molar refractivity (Wildman–Crippen MR) is 87.6 cm³/mol. The van der Waals surface area contributed by atoms with Gasteiger partial charge in [0.05, 0.1) is 10.7 Å². The van der Waals surface area contributed by atoms with E-state index in [9.17, 15) is 4.79 Å². The fourth-order valence-corrected chi connectivity index (χ4v) is 2.94. The minimum Gasteiger partial charge on any atom is -0.397 e. The molecule has 0 radical (unpaired) electrons. The van der Waals surface area contributed by atoms with Crippen molar-refractivity contribution in [3.8, 4) is 0 Å². The molecule has 6 heteroatoms. The number of carbonyl (C=O) groups excluding carboxylic acids is 1. The number of amides is 1. The summed E-state index contributed by atoms with van der Waals surface area (Å²) in [4.78, 5) is 16.5. The van der Waals surface area contributed by atoms with Gasteiger partial charge in [-0.25, -0.2) is 0 Å². The number of anilines is 2. The topological polar surface area (TPSA) is 61.6 Å². The van der Waals surface area contributed by atoms with Gasteiger partial charge in [0.25, 0.3) is 5.91 Å². The Labute approximate surface area is 125 Å². The summed E-state index contributed by atoms with van der Waals surface area (Å²) >= 11 is 1.43. The molecule has 0 fully saturated rings. The number of rotatable bonds is 8. The summed E-state index contributed by atoms with van der Waals surface area (Å²) in [6, 6.07) is 1.85. The van der Waals surface area contributed by atoms with E-state index in [1.54, 1.807) is 19.0 Å². The predicted octanol–water partition coefficient (Wildman–Crippen LogP) is 2.18. The third kappa shape index (κ3) is 4.68. The Kier molecular flexibility index (Phi) is 6.81. The SMILES string of the molecule is CCN(CC)CCCNc1cc(N)c(C(=O)N(C)C)s1. The van der Waals surface area contributed by atoms with Crippen LogP contribution in [0.2, 0.25) is 0 Å². The highest BCUT2D eigenvalue weighted by Gasteiger charge is 2.15. The molecule has 0 spiro atoms. The van der Waals surface area contributed by atoms with E-state index in [1.165, 1.54) is 11.3 Å². The van der Waals surface area contributed by atoms with Crippen molar-refractivity contribution in [3.05, 3.63) is 10.9 Å². The Bertz CT molecular complexity index is 427. The first-order valence-electron chi connectivity index (χ1n) is 7.06. The molecule has 0 atom stereocenters. The normalized spacial score (nSPS) is 10.8. The third-order valence-electron chi connectivity index (χ3n) is 3.21. The van der Waals surface area contributed by atoms with Crippen LogP contribution >= 0.6 is 11.3 Å². The van der Waals surface area contributed by atoms with Gasteiger partial charge in [-0.05, 0) is 32.1 Å². The summed E-state index contributed by atoms with van der Waals surface area (Å²) in [5.41, 5.74) is 6.45. The number of thiophene rings is 1. The van der Waals surface area contributed by atoms with E-state index in [-0.39, 0.29) is 5.91 Å². The molecule has 0 saturated carbocycles. The van der Waals surface area contributed by atoms with Crippen LogP contribution in [-0.4, -0.2) is 56.0 Å². The van der Waals surface area contributed by atoms with Gasteiger partial charge in [0.2, 0.25) is 0 Å². The number of carbonyl (C=O) groups is 1. The molecular formula is C14H26N4OS. The average molecular weight is 298 g/mol. The van der Waals surface area contributed by atoms with Crippen molar-refractivity contribution in [3.63, 3.8) is 0 Å². The molecule has 1 aromatic heterocycles. The molecule has 0 aliphatic heterocycles. The van der Waals surface area contributed by atoms with Crippen LogP contribution in [0.5, 0.6) is 0 Å². The Balaban J connectivity index is 2.46. The monoisotopic (exact) mass is 298 g/mol. The average Bonchev–Trinajstić information content (AvgIpc) is 2.79. The quantitative estimate of drug-likeness (QED) is 0.722. The number of nitrogens with one attached hydrogen (secondary N) is 1. The maximum absolute atomic E-state index is 11.9. The lowest BCUT2D eigenvalue weighted by Crippen LogP contribution is -2.25. The molecule has 1 aromatic rings. The Hall–Kier alpha value is -1.27. The van der Waals surface area contributed by atoms with Crippen molar-refractivity contribution in [1.29, 1.82) is 0 Å². The second kappa shape index (κ2) is 8.11. The first-order chi connectivity index (χ1) is 9.49. The minimum absolute atomic E-state index is 0.0382. The summed E-state index contributed by atoms with van der Waals surface area (Å²) < 4.78 is 0. The zero-order valence-electron chi connectivity index (χ0n) is 12.9. The Morgan fingerprint density at radius 3 is 2.55 bits per heavy atom. The lowest BCUT2D eigenvalue weighted by Gasteiger charge is -2.17. The van der Waals surface area contributed by atoms with Crippen LogP contribution in [0.15, 0.2) is 6.07 Å². The molecule has 0 aliphatic carbocycles. The highest BCUT2D eigenvalue weighted by molar-refractivity contribution is 7.18. The molecular weight excluding hydrogens is 272 g/mol. The minimum atomic E-state index is -0.0382. The molecule has 1 rings (SSSR count). The smallest absolute Gasteiger partial charge is 0.265 e. The zero-order chi connectivity index (χ0) is 15.1. The number of nitrogens with two attached hydrogens (primary N) is 1. The highest BCUT2D eigenvalue weighted by Crippen LogP contribution is 2.29. The number of hydrogen-bond donors (Lipinski definition) is 2. The first kappa shape index (κ1) is 16.8. The molecule has 0 aromatic carbocycles.